The molecule has 1 heterocycles. The molecule has 4 unspecified atom stereocenters. The Morgan fingerprint density at radius 1 is 0.644 bits per heavy atom. The van der Waals surface area contributed by atoms with Gasteiger partial charge in [-0.25, -0.2) is 0 Å². The van der Waals surface area contributed by atoms with Crippen molar-refractivity contribution in [1.29, 1.82) is 0 Å². The highest BCUT2D eigenvalue weighted by Crippen LogP contribution is 2.74. The van der Waals surface area contributed by atoms with Crippen LogP contribution in [-0.2, 0) is 27.8 Å². The first-order valence-corrected chi connectivity index (χ1v) is 24.4. The Labute approximate surface area is 351 Å². The van der Waals surface area contributed by atoms with Gasteiger partial charge in [-0.1, -0.05) is 115 Å². The number of rotatable bonds is 14. The maximum atomic E-state index is 16.1. The van der Waals surface area contributed by atoms with Crippen molar-refractivity contribution in [2.24, 2.45) is 0 Å². The van der Waals surface area contributed by atoms with Gasteiger partial charge < -0.3 is 15.4 Å². The first-order valence-electron chi connectivity index (χ1n) is 19.1. The van der Waals surface area contributed by atoms with Gasteiger partial charge in [-0.05, 0) is 103 Å². The van der Waals surface area contributed by atoms with Crippen LogP contribution in [-0.4, -0.2) is 38.4 Å². The highest BCUT2D eigenvalue weighted by molar-refractivity contribution is 7.73. The second kappa shape index (κ2) is 17.2. The minimum atomic E-state index is -4.39. The molecular formula is C47H41ClN2O6P2S. The summed E-state index contributed by atoms with van der Waals surface area (Å²) in [5.74, 6) is -1.21. The SMILES string of the molecule is COCCCP(=O)(OP(C)(=O)C(C(=O)Nc1ccc2ccccc2c1)c1cccc2ccccc12)C(C(=O)Nc1ccc2ccccc2c1)c1csc2ccc(Cl)cc12. The maximum absolute atomic E-state index is 16.1. The average molecular weight is 859 g/mol. The molecule has 2 amide bonds. The second-order valence-electron chi connectivity index (χ2n) is 14.6. The van der Waals surface area contributed by atoms with Gasteiger partial charge in [0.2, 0.25) is 26.6 Å². The van der Waals surface area contributed by atoms with Gasteiger partial charge in [-0.15, -0.1) is 11.3 Å². The van der Waals surface area contributed by atoms with E-state index in [1.165, 1.54) is 25.1 Å². The van der Waals surface area contributed by atoms with E-state index in [4.69, 9.17) is 20.6 Å². The van der Waals surface area contributed by atoms with E-state index in [-0.39, 0.29) is 19.2 Å². The first-order chi connectivity index (χ1) is 28.5. The molecule has 8 rings (SSSR count). The topological polar surface area (TPSA) is 111 Å². The molecule has 0 fully saturated rings. The van der Waals surface area contributed by atoms with Crippen LogP contribution in [0, 0.1) is 0 Å². The Bertz CT molecular complexity index is 2970. The lowest BCUT2D eigenvalue weighted by Gasteiger charge is -2.32. The fourth-order valence-corrected chi connectivity index (χ4v) is 15.4. The molecular weight excluding hydrogens is 818 g/mol. The molecule has 298 valence electrons. The molecule has 0 aliphatic heterocycles. The van der Waals surface area contributed by atoms with Gasteiger partial charge in [0.05, 0.1) is 0 Å². The van der Waals surface area contributed by atoms with E-state index in [0.717, 1.165) is 31.6 Å². The molecule has 0 aliphatic rings. The summed E-state index contributed by atoms with van der Waals surface area (Å²) in [4.78, 5) is 29.8. The molecule has 0 radical (unpaired) electrons. The molecule has 0 saturated carbocycles. The van der Waals surface area contributed by atoms with E-state index in [1.54, 1.807) is 41.8 Å². The molecule has 8 aromatic rings. The molecule has 0 aliphatic carbocycles. The number of fused-ring (bicyclic) bond motifs is 4. The van der Waals surface area contributed by atoms with Crippen LogP contribution in [0.15, 0.2) is 151 Å². The number of amides is 2. The van der Waals surface area contributed by atoms with E-state index >= 15 is 9.13 Å². The van der Waals surface area contributed by atoms with E-state index in [1.807, 2.05) is 109 Å². The number of anilines is 2. The average Bonchev–Trinajstić information content (AvgIpc) is 3.62. The number of ether oxygens (including phenoxy) is 1. The Morgan fingerprint density at radius 3 is 1.86 bits per heavy atom. The number of methoxy groups -OCH3 is 1. The lowest BCUT2D eigenvalue weighted by Crippen LogP contribution is -2.25. The van der Waals surface area contributed by atoms with Crippen molar-refractivity contribution in [1.82, 2.24) is 0 Å². The lowest BCUT2D eigenvalue weighted by molar-refractivity contribution is -0.116. The predicted octanol–water partition coefficient (Wildman–Crippen LogP) is 13.3. The molecule has 12 heteroatoms. The number of benzene rings is 7. The number of thiophene rings is 1. The molecule has 0 saturated heterocycles. The summed E-state index contributed by atoms with van der Waals surface area (Å²) in [6.07, 6.45) is 0.0551. The predicted molar refractivity (Wildman–Crippen MR) is 245 cm³/mol. The smallest absolute Gasteiger partial charge is 0.241 e. The van der Waals surface area contributed by atoms with Crippen LogP contribution in [0.3, 0.4) is 0 Å². The molecule has 1 aromatic heterocycles. The minimum absolute atomic E-state index is 0.166. The molecule has 2 N–H and O–H groups in total. The van der Waals surface area contributed by atoms with Crippen LogP contribution in [0.25, 0.3) is 42.4 Å². The largest absolute Gasteiger partial charge is 0.385 e. The zero-order valence-electron chi connectivity index (χ0n) is 32.3. The van der Waals surface area contributed by atoms with E-state index in [0.29, 0.717) is 38.3 Å². The summed E-state index contributed by atoms with van der Waals surface area (Å²) in [6, 6.07) is 44.9. The summed E-state index contributed by atoms with van der Waals surface area (Å²) in [7, 11) is -7.20. The van der Waals surface area contributed by atoms with E-state index in [2.05, 4.69) is 10.6 Å². The van der Waals surface area contributed by atoms with Crippen molar-refractivity contribution in [3.05, 3.63) is 167 Å². The fraction of sp³-hybridized carbons (Fsp3) is 0.149. The third-order valence-corrected chi connectivity index (χ3v) is 17.8. The number of hydrogen-bond donors (Lipinski definition) is 2. The number of nitrogens with one attached hydrogen (secondary N) is 2. The molecule has 0 bridgehead atoms. The lowest BCUT2D eigenvalue weighted by atomic mass is 10.0. The van der Waals surface area contributed by atoms with Gasteiger partial charge in [-0.3, -0.25) is 23.0 Å². The zero-order chi connectivity index (χ0) is 41.1. The first kappa shape index (κ1) is 40.7. The summed E-state index contributed by atoms with van der Waals surface area (Å²) in [5.41, 5.74) is -1.01. The normalized spacial score (nSPS) is 14.8. The standard InChI is InChI=1S/C47H41ClN2O6P2S/c1-55-25-10-26-58(54,45(42-30-59-43-24-21-36(48)29-41(42)43)47(52)50-38-23-20-32-12-4-6-15-35(32)28-38)56-57(2,53)44(40-18-9-16-33-13-7-8-17-39(33)40)46(51)49-37-22-19-31-11-3-5-14-34(31)27-37/h3-9,11-24,27-30,44-45H,10,25-26H2,1-2H3,(H,49,51)(H,50,52). The van der Waals surface area contributed by atoms with Crippen LogP contribution < -0.4 is 10.6 Å². The Balaban J connectivity index is 1.26. The van der Waals surface area contributed by atoms with Crippen molar-refractivity contribution >= 4 is 103 Å². The summed E-state index contributed by atoms with van der Waals surface area (Å²) in [6.45, 7) is 1.55. The fourth-order valence-electron chi connectivity index (χ4n) is 7.78. The summed E-state index contributed by atoms with van der Waals surface area (Å²) in [5, 5.41) is 14.2. The van der Waals surface area contributed by atoms with Crippen molar-refractivity contribution in [3.8, 4) is 0 Å². The zero-order valence-corrected chi connectivity index (χ0v) is 35.7. The molecule has 59 heavy (non-hydrogen) atoms. The van der Waals surface area contributed by atoms with Gasteiger partial charge in [0.15, 0.2) is 0 Å². The Hall–Kier alpha value is -5.11. The number of hydrogen-bond acceptors (Lipinski definition) is 7. The van der Waals surface area contributed by atoms with Crippen LogP contribution in [0.1, 0.15) is 28.9 Å². The molecule has 0 spiro atoms. The van der Waals surface area contributed by atoms with Crippen LogP contribution >= 0.6 is 37.7 Å². The van der Waals surface area contributed by atoms with Crippen molar-refractivity contribution in [3.63, 3.8) is 0 Å². The third-order valence-electron chi connectivity index (χ3n) is 10.5. The molecule has 8 nitrogen and oxygen atoms in total. The maximum Gasteiger partial charge on any atom is 0.241 e. The highest BCUT2D eigenvalue weighted by Gasteiger charge is 2.49. The van der Waals surface area contributed by atoms with Gasteiger partial charge in [0.25, 0.3) is 0 Å². The van der Waals surface area contributed by atoms with Gasteiger partial charge in [0, 0.05) is 47.6 Å². The van der Waals surface area contributed by atoms with Gasteiger partial charge in [0.1, 0.15) is 11.3 Å². The molecule has 4 atom stereocenters. The summed E-state index contributed by atoms with van der Waals surface area (Å²) < 4.78 is 44.7. The van der Waals surface area contributed by atoms with Crippen molar-refractivity contribution in [2.45, 2.75) is 17.7 Å². The van der Waals surface area contributed by atoms with E-state index in [9.17, 15) is 9.59 Å². The van der Waals surface area contributed by atoms with Crippen molar-refractivity contribution in [2.75, 3.05) is 37.2 Å². The number of halogens is 1. The second-order valence-corrected chi connectivity index (χ2v) is 21.3. The quantitative estimate of drug-likeness (QED) is 0.0832. The highest BCUT2D eigenvalue weighted by atomic mass is 35.5. The van der Waals surface area contributed by atoms with E-state index < -0.39 is 37.9 Å². The number of carbonyl (C=O) groups excluding carboxylic acids is 2. The third kappa shape index (κ3) is 8.64. The van der Waals surface area contributed by atoms with Gasteiger partial charge >= 0.3 is 0 Å². The molecule has 7 aromatic carbocycles. The van der Waals surface area contributed by atoms with Crippen LogP contribution in [0.2, 0.25) is 5.02 Å². The van der Waals surface area contributed by atoms with Crippen LogP contribution in [0.5, 0.6) is 0 Å². The van der Waals surface area contributed by atoms with Gasteiger partial charge in [-0.2, -0.15) is 0 Å². The number of carbonyl (C=O) groups is 2. The Kier molecular flexibility index (Phi) is 11.9. The minimum Gasteiger partial charge on any atom is -0.385 e. The summed E-state index contributed by atoms with van der Waals surface area (Å²) >= 11 is 7.91. The Morgan fingerprint density at radius 2 is 1.22 bits per heavy atom. The monoisotopic (exact) mass is 858 g/mol. The van der Waals surface area contributed by atoms with Crippen molar-refractivity contribution < 1.29 is 27.8 Å². The van der Waals surface area contributed by atoms with Crippen LogP contribution in [0.4, 0.5) is 11.4 Å².